The molecule has 1 rings (SSSR count). The lowest BCUT2D eigenvalue weighted by Gasteiger charge is -2.35. The first-order valence-electron chi connectivity index (χ1n) is 5.91. The van der Waals surface area contributed by atoms with E-state index in [-0.39, 0.29) is 6.61 Å². The normalized spacial score (nSPS) is 23.6. The van der Waals surface area contributed by atoms with Crippen molar-refractivity contribution in [1.29, 1.82) is 0 Å². The fourth-order valence-electron chi connectivity index (χ4n) is 1.80. The molecular weight excluding hydrogens is 192 g/mol. The average Bonchev–Trinajstić information content (AvgIpc) is 2.25. The van der Waals surface area contributed by atoms with Crippen molar-refractivity contribution in [3.63, 3.8) is 0 Å². The third-order valence-corrected chi connectivity index (χ3v) is 2.78. The number of rotatable bonds is 6. The maximum Gasteiger partial charge on any atom is 0.0826 e. The van der Waals surface area contributed by atoms with Gasteiger partial charge in [0.1, 0.15) is 0 Å². The molecule has 1 aliphatic heterocycles. The highest BCUT2D eigenvalue weighted by Crippen LogP contribution is 2.07. The molecule has 4 heteroatoms. The van der Waals surface area contributed by atoms with Crippen molar-refractivity contribution < 1.29 is 9.84 Å². The summed E-state index contributed by atoms with van der Waals surface area (Å²) in [6.45, 7) is 9.38. The van der Waals surface area contributed by atoms with Crippen LogP contribution in [-0.4, -0.2) is 61.5 Å². The van der Waals surface area contributed by atoms with Crippen molar-refractivity contribution in [2.75, 3.05) is 39.4 Å². The molecule has 90 valence electrons. The second-order valence-corrected chi connectivity index (χ2v) is 4.36. The Balaban J connectivity index is 2.13. The fraction of sp³-hybridized carbons (Fsp3) is 1.00. The van der Waals surface area contributed by atoms with Crippen molar-refractivity contribution in [2.45, 2.75) is 32.4 Å². The zero-order valence-corrected chi connectivity index (χ0v) is 9.91. The Hall–Kier alpha value is -0.160. The third-order valence-electron chi connectivity index (χ3n) is 2.78. The highest BCUT2D eigenvalue weighted by molar-refractivity contribution is 4.75. The van der Waals surface area contributed by atoms with E-state index < -0.39 is 0 Å². The number of nitrogens with one attached hydrogen (secondary N) is 1. The molecule has 0 bridgehead atoms. The number of hydrogen-bond donors (Lipinski definition) is 2. The summed E-state index contributed by atoms with van der Waals surface area (Å²) in [6.07, 6.45) is 1.13. The van der Waals surface area contributed by atoms with Gasteiger partial charge < -0.3 is 15.2 Å². The molecular formula is C11H24N2O2. The number of hydrogen-bond acceptors (Lipinski definition) is 4. The maximum absolute atomic E-state index is 8.64. The Kier molecular flexibility index (Phi) is 6.17. The van der Waals surface area contributed by atoms with Crippen LogP contribution in [0.2, 0.25) is 0 Å². The molecule has 1 saturated heterocycles. The van der Waals surface area contributed by atoms with E-state index in [1.54, 1.807) is 0 Å². The van der Waals surface area contributed by atoms with Crippen LogP contribution < -0.4 is 5.32 Å². The number of morpholine rings is 1. The largest absolute Gasteiger partial charge is 0.396 e. The number of ether oxygens (including phenoxy) is 1. The molecule has 0 aliphatic carbocycles. The van der Waals surface area contributed by atoms with Crippen molar-refractivity contribution >= 4 is 0 Å². The first kappa shape index (κ1) is 12.9. The first-order chi connectivity index (χ1) is 7.24. The van der Waals surface area contributed by atoms with E-state index in [0.717, 1.165) is 39.2 Å². The van der Waals surface area contributed by atoms with Gasteiger partial charge in [-0.25, -0.2) is 0 Å². The summed E-state index contributed by atoms with van der Waals surface area (Å²) in [7, 11) is 0. The molecule has 0 aromatic heterocycles. The highest BCUT2D eigenvalue weighted by Gasteiger charge is 2.21. The van der Waals surface area contributed by atoms with E-state index in [2.05, 4.69) is 24.1 Å². The van der Waals surface area contributed by atoms with E-state index in [1.165, 1.54) is 0 Å². The second-order valence-electron chi connectivity index (χ2n) is 4.36. The molecule has 4 nitrogen and oxygen atoms in total. The van der Waals surface area contributed by atoms with Gasteiger partial charge in [0.15, 0.2) is 0 Å². The Morgan fingerprint density at radius 2 is 2.33 bits per heavy atom. The van der Waals surface area contributed by atoms with E-state index in [0.29, 0.717) is 12.1 Å². The van der Waals surface area contributed by atoms with Crippen molar-refractivity contribution in [1.82, 2.24) is 10.2 Å². The molecule has 1 aliphatic rings. The molecule has 0 spiro atoms. The van der Waals surface area contributed by atoms with E-state index in [9.17, 15) is 0 Å². The molecule has 15 heavy (non-hydrogen) atoms. The molecule has 1 heterocycles. The van der Waals surface area contributed by atoms with E-state index in [4.69, 9.17) is 9.84 Å². The SMILES string of the molecule is CC(C)N1CCOC(CNCCCO)C1. The molecule has 0 radical (unpaired) electrons. The minimum absolute atomic E-state index is 0.261. The second kappa shape index (κ2) is 7.17. The van der Waals surface area contributed by atoms with Crippen molar-refractivity contribution in [3.05, 3.63) is 0 Å². The minimum Gasteiger partial charge on any atom is -0.396 e. The Bertz CT molecular complexity index is 165. The zero-order chi connectivity index (χ0) is 11.1. The average molecular weight is 216 g/mol. The lowest BCUT2D eigenvalue weighted by Crippen LogP contribution is -2.49. The van der Waals surface area contributed by atoms with Gasteiger partial charge in [0.25, 0.3) is 0 Å². The quantitative estimate of drug-likeness (QED) is 0.617. The van der Waals surface area contributed by atoms with Gasteiger partial charge in [-0.2, -0.15) is 0 Å². The maximum atomic E-state index is 8.64. The molecule has 0 aromatic carbocycles. The molecule has 1 unspecified atom stereocenters. The summed E-state index contributed by atoms with van der Waals surface area (Å²) < 4.78 is 5.67. The number of aliphatic hydroxyl groups is 1. The van der Waals surface area contributed by atoms with Crippen molar-refractivity contribution in [3.8, 4) is 0 Å². The zero-order valence-electron chi connectivity index (χ0n) is 9.91. The fourth-order valence-corrected chi connectivity index (χ4v) is 1.80. The Morgan fingerprint density at radius 1 is 1.53 bits per heavy atom. The Morgan fingerprint density at radius 3 is 3.00 bits per heavy atom. The van der Waals surface area contributed by atoms with Gasteiger partial charge in [-0.15, -0.1) is 0 Å². The summed E-state index contributed by atoms with van der Waals surface area (Å²) in [4.78, 5) is 2.45. The lowest BCUT2D eigenvalue weighted by atomic mass is 10.2. The van der Waals surface area contributed by atoms with Crippen LogP contribution >= 0.6 is 0 Å². The smallest absolute Gasteiger partial charge is 0.0826 e. The monoisotopic (exact) mass is 216 g/mol. The summed E-state index contributed by atoms with van der Waals surface area (Å²) in [5.74, 6) is 0. The van der Waals surface area contributed by atoms with Crippen LogP contribution in [0.25, 0.3) is 0 Å². The Labute approximate surface area is 92.6 Å². The predicted octanol–water partition coefficient (Wildman–Crippen LogP) is 0.0676. The van der Waals surface area contributed by atoms with Crippen LogP contribution in [-0.2, 0) is 4.74 Å². The van der Waals surface area contributed by atoms with Gasteiger partial charge in [-0.05, 0) is 26.8 Å². The summed E-state index contributed by atoms with van der Waals surface area (Å²) in [5.41, 5.74) is 0. The molecule has 0 amide bonds. The standard InChI is InChI=1S/C11H24N2O2/c1-10(2)13-5-7-15-11(9-13)8-12-4-3-6-14/h10-12,14H,3-9H2,1-2H3. The van der Waals surface area contributed by atoms with Crippen LogP contribution in [0.1, 0.15) is 20.3 Å². The molecule has 2 N–H and O–H groups in total. The van der Waals surface area contributed by atoms with Gasteiger partial charge in [0.2, 0.25) is 0 Å². The summed E-state index contributed by atoms with van der Waals surface area (Å²) in [5, 5.41) is 11.9. The minimum atomic E-state index is 0.261. The number of aliphatic hydroxyl groups excluding tert-OH is 1. The van der Waals surface area contributed by atoms with Gasteiger partial charge in [0.05, 0.1) is 12.7 Å². The molecule has 1 atom stereocenters. The van der Waals surface area contributed by atoms with Gasteiger partial charge in [0, 0.05) is 32.3 Å². The lowest BCUT2D eigenvalue weighted by molar-refractivity contribution is -0.0371. The van der Waals surface area contributed by atoms with Crippen molar-refractivity contribution in [2.24, 2.45) is 0 Å². The van der Waals surface area contributed by atoms with Crippen LogP contribution in [0.3, 0.4) is 0 Å². The van der Waals surface area contributed by atoms with Gasteiger partial charge in [-0.3, -0.25) is 4.90 Å². The van der Waals surface area contributed by atoms with Gasteiger partial charge in [-0.1, -0.05) is 0 Å². The topological polar surface area (TPSA) is 44.7 Å². The van der Waals surface area contributed by atoms with Crippen LogP contribution in [0.15, 0.2) is 0 Å². The molecule has 0 saturated carbocycles. The van der Waals surface area contributed by atoms with Crippen LogP contribution in [0, 0.1) is 0 Å². The van der Waals surface area contributed by atoms with E-state index >= 15 is 0 Å². The highest BCUT2D eigenvalue weighted by atomic mass is 16.5. The number of nitrogens with zero attached hydrogens (tertiary/aromatic N) is 1. The van der Waals surface area contributed by atoms with Gasteiger partial charge >= 0.3 is 0 Å². The van der Waals surface area contributed by atoms with Crippen LogP contribution in [0.4, 0.5) is 0 Å². The van der Waals surface area contributed by atoms with Crippen LogP contribution in [0.5, 0.6) is 0 Å². The molecule has 1 fully saturated rings. The first-order valence-corrected chi connectivity index (χ1v) is 5.91. The third kappa shape index (κ3) is 4.93. The van der Waals surface area contributed by atoms with E-state index in [1.807, 2.05) is 0 Å². The summed E-state index contributed by atoms with van der Waals surface area (Å²) in [6, 6.07) is 0.605. The summed E-state index contributed by atoms with van der Waals surface area (Å²) >= 11 is 0. The predicted molar refractivity (Wildman–Crippen MR) is 61.0 cm³/mol. The molecule has 0 aromatic rings.